The number of phenolic OH excluding ortho intramolecular Hbond substituents is 1. The number of benzene rings is 1. The third-order valence-corrected chi connectivity index (χ3v) is 3.06. The molecule has 1 aromatic rings. The summed E-state index contributed by atoms with van der Waals surface area (Å²) in [6.07, 6.45) is 1.55. The molecule has 0 aliphatic rings. The summed E-state index contributed by atoms with van der Waals surface area (Å²) in [5.41, 5.74) is 11.2. The molecule has 0 amide bonds. The number of aliphatic carboxylic acids is 2. The molecule has 0 aliphatic heterocycles. The molecule has 23 heavy (non-hydrogen) atoms. The van der Waals surface area contributed by atoms with Crippen molar-refractivity contribution < 1.29 is 24.9 Å². The number of nitrogens with one attached hydrogen (secondary N) is 1. The van der Waals surface area contributed by atoms with Gasteiger partial charge < -0.3 is 32.1 Å². The van der Waals surface area contributed by atoms with Gasteiger partial charge in [0.25, 0.3) is 0 Å². The lowest BCUT2D eigenvalue weighted by atomic mass is 10.1. The summed E-state index contributed by atoms with van der Waals surface area (Å²) in [5.74, 6) is -1.64. The van der Waals surface area contributed by atoms with Crippen LogP contribution < -0.4 is 16.8 Å². The van der Waals surface area contributed by atoms with Gasteiger partial charge in [0, 0.05) is 0 Å². The van der Waals surface area contributed by atoms with E-state index < -0.39 is 24.0 Å². The number of rotatable bonds is 8. The second-order valence-electron chi connectivity index (χ2n) is 4.93. The summed E-state index contributed by atoms with van der Waals surface area (Å²) in [6, 6.07) is 5.19. The molecule has 8 N–H and O–H groups in total. The van der Waals surface area contributed by atoms with E-state index in [2.05, 4.69) is 5.32 Å². The fourth-order valence-corrected chi connectivity index (χ4v) is 1.64. The van der Waals surface area contributed by atoms with Crippen molar-refractivity contribution >= 4 is 11.9 Å². The monoisotopic (exact) mass is 327 g/mol. The smallest absolute Gasteiger partial charge is 0.321 e. The van der Waals surface area contributed by atoms with E-state index in [9.17, 15) is 9.59 Å². The zero-order valence-electron chi connectivity index (χ0n) is 13.1. The molecular formula is C15H25N3O5. The standard InChI is InChI=1S/C10H13NO3.C5H12N2O2/c1-11-9(10(13)14)6-7-2-4-8(12)5-3-7;6-3-1-2-4(7)5(8)9/h2-5,9,11-12H,6H2,1H3,(H,13,14);4H,1-3,6-7H2,(H,8,9)/t9-;4-/m01/s1. The van der Waals surface area contributed by atoms with E-state index >= 15 is 0 Å². The van der Waals surface area contributed by atoms with Gasteiger partial charge in [0.1, 0.15) is 17.8 Å². The molecule has 0 heterocycles. The molecule has 0 unspecified atom stereocenters. The van der Waals surface area contributed by atoms with Crippen LogP contribution in [-0.4, -0.2) is 52.9 Å². The number of phenols is 1. The van der Waals surface area contributed by atoms with Gasteiger partial charge in [-0.25, -0.2) is 0 Å². The lowest BCUT2D eigenvalue weighted by molar-refractivity contribution is -0.140. The Hall–Kier alpha value is -2.16. The number of carboxylic acid groups (broad SMARTS) is 2. The summed E-state index contributed by atoms with van der Waals surface area (Å²) in [4.78, 5) is 20.7. The fourth-order valence-electron chi connectivity index (χ4n) is 1.64. The van der Waals surface area contributed by atoms with Crippen molar-refractivity contribution in [1.29, 1.82) is 0 Å². The lowest BCUT2D eigenvalue weighted by Gasteiger charge is -2.10. The molecular weight excluding hydrogens is 302 g/mol. The zero-order valence-corrected chi connectivity index (χ0v) is 13.1. The Labute approximate surface area is 135 Å². The third-order valence-electron chi connectivity index (χ3n) is 3.06. The largest absolute Gasteiger partial charge is 0.508 e. The molecule has 0 aliphatic carbocycles. The Balaban J connectivity index is 0.000000468. The number of hydrogen-bond donors (Lipinski definition) is 6. The molecule has 1 rings (SSSR count). The molecule has 130 valence electrons. The van der Waals surface area contributed by atoms with Gasteiger partial charge in [0.05, 0.1) is 0 Å². The van der Waals surface area contributed by atoms with Crippen LogP contribution >= 0.6 is 0 Å². The van der Waals surface area contributed by atoms with E-state index in [-0.39, 0.29) is 5.75 Å². The van der Waals surface area contributed by atoms with Gasteiger partial charge in [0.2, 0.25) is 0 Å². The van der Waals surface area contributed by atoms with Crippen molar-refractivity contribution in [1.82, 2.24) is 5.32 Å². The van der Waals surface area contributed by atoms with E-state index in [1.807, 2.05) is 0 Å². The van der Waals surface area contributed by atoms with Crippen LogP contribution in [0.5, 0.6) is 5.75 Å². The first kappa shape index (κ1) is 20.8. The van der Waals surface area contributed by atoms with Crippen LogP contribution in [0.1, 0.15) is 18.4 Å². The summed E-state index contributed by atoms with van der Waals surface area (Å²) in [7, 11) is 1.61. The number of hydrogen-bond acceptors (Lipinski definition) is 6. The molecule has 0 saturated carbocycles. The van der Waals surface area contributed by atoms with E-state index in [1.54, 1.807) is 31.3 Å². The Bertz CT molecular complexity index is 479. The first-order valence-corrected chi connectivity index (χ1v) is 7.18. The molecule has 0 radical (unpaired) electrons. The van der Waals surface area contributed by atoms with E-state index in [0.29, 0.717) is 25.8 Å². The summed E-state index contributed by atoms with van der Waals surface area (Å²) in [5, 5.41) is 28.7. The van der Waals surface area contributed by atoms with Crippen molar-refractivity contribution in [2.75, 3.05) is 13.6 Å². The molecule has 0 fully saturated rings. The van der Waals surface area contributed by atoms with Crippen molar-refractivity contribution in [3.8, 4) is 5.75 Å². The van der Waals surface area contributed by atoms with Crippen LogP contribution in [0, 0.1) is 0 Å². The Kier molecular flexibility index (Phi) is 10.3. The molecule has 2 atom stereocenters. The quantitative estimate of drug-likeness (QED) is 0.381. The predicted molar refractivity (Wildman–Crippen MR) is 86.2 cm³/mol. The van der Waals surface area contributed by atoms with E-state index in [0.717, 1.165) is 5.56 Å². The van der Waals surface area contributed by atoms with Crippen molar-refractivity contribution in [3.63, 3.8) is 0 Å². The topological polar surface area (TPSA) is 159 Å². The maximum Gasteiger partial charge on any atom is 0.321 e. The first-order chi connectivity index (χ1) is 10.8. The minimum Gasteiger partial charge on any atom is -0.508 e. The Morgan fingerprint density at radius 2 is 1.74 bits per heavy atom. The summed E-state index contributed by atoms with van der Waals surface area (Å²) in [6.45, 7) is 0.501. The van der Waals surface area contributed by atoms with Crippen LogP contribution in [-0.2, 0) is 16.0 Å². The van der Waals surface area contributed by atoms with Crippen LogP contribution in [0.2, 0.25) is 0 Å². The molecule has 0 spiro atoms. The van der Waals surface area contributed by atoms with Gasteiger partial charge in [-0.2, -0.15) is 0 Å². The second kappa shape index (κ2) is 11.4. The van der Waals surface area contributed by atoms with Crippen LogP contribution in [0.4, 0.5) is 0 Å². The van der Waals surface area contributed by atoms with Gasteiger partial charge in [-0.1, -0.05) is 12.1 Å². The second-order valence-corrected chi connectivity index (χ2v) is 4.93. The van der Waals surface area contributed by atoms with Gasteiger partial charge in [-0.3, -0.25) is 9.59 Å². The van der Waals surface area contributed by atoms with E-state index in [4.69, 9.17) is 26.8 Å². The van der Waals surface area contributed by atoms with Crippen LogP contribution in [0.25, 0.3) is 0 Å². The van der Waals surface area contributed by atoms with Crippen molar-refractivity contribution in [3.05, 3.63) is 29.8 Å². The number of carboxylic acids is 2. The average Bonchev–Trinajstić information content (AvgIpc) is 2.52. The Morgan fingerprint density at radius 3 is 2.13 bits per heavy atom. The normalized spacial score (nSPS) is 12.7. The number of likely N-dealkylation sites (N-methyl/N-ethyl adjacent to an activating group) is 1. The van der Waals surface area contributed by atoms with E-state index in [1.165, 1.54) is 0 Å². The minimum atomic E-state index is -0.955. The van der Waals surface area contributed by atoms with Crippen LogP contribution in [0.15, 0.2) is 24.3 Å². The molecule has 1 aromatic carbocycles. The SMILES string of the molecule is CN[C@@H](Cc1ccc(O)cc1)C(=O)O.NCCC[C@@H](N)C(=O)O. The number of aromatic hydroxyl groups is 1. The molecule has 0 aromatic heterocycles. The van der Waals surface area contributed by atoms with Crippen molar-refractivity contribution in [2.45, 2.75) is 31.3 Å². The predicted octanol–water partition coefficient (Wildman–Crippen LogP) is -0.255. The highest BCUT2D eigenvalue weighted by molar-refractivity contribution is 5.74. The molecule has 8 nitrogen and oxygen atoms in total. The minimum absolute atomic E-state index is 0.185. The number of nitrogens with two attached hydrogens (primary N) is 2. The fraction of sp³-hybridized carbons (Fsp3) is 0.467. The maximum atomic E-state index is 10.7. The highest BCUT2D eigenvalue weighted by Crippen LogP contribution is 2.11. The highest BCUT2D eigenvalue weighted by atomic mass is 16.4. The molecule has 0 bridgehead atoms. The molecule has 0 saturated heterocycles. The first-order valence-electron chi connectivity index (χ1n) is 7.18. The molecule has 8 heteroatoms. The Morgan fingerprint density at radius 1 is 1.17 bits per heavy atom. The summed E-state index contributed by atoms with van der Waals surface area (Å²) < 4.78 is 0. The zero-order chi connectivity index (χ0) is 17.8. The average molecular weight is 327 g/mol. The van der Waals surface area contributed by atoms with Crippen molar-refractivity contribution in [2.24, 2.45) is 11.5 Å². The van der Waals surface area contributed by atoms with Gasteiger partial charge in [0.15, 0.2) is 0 Å². The highest BCUT2D eigenvalue weighted by Gasteiger charge is 2.14. The summed E-state index contributed by atoms with van der Waals surface area (Å²) >= 11 is 0. The van der Waals surface area contributed by atoms with Gasteiger partial charge in [-0.15, -0.1) is 0 Å². The van der Waals surface area contributed by atoms with Gasteiger partial charge >= 0.3 is 11.9 Å². The number of carbonyl (C=O) groups is 2. The lowest BCUT2D eigenvalue weighted by Crippen LogP contribution is -2.35. The van der Waals surface area contributed by atoms with Gasteiger partial charge in [-0.05, 0) is 50.6 Å². The van der Waals surface area contributed by atoms with Crippen LogP contribution in [0.3, 0.4) is 0 Å². The maximum absolute atomic E-state index is 10.7. The third kappa shape index (κ3) is 9.46.